The molecule has 1 aromatic rings. The topological polar surface area (TPSA) is 64.3 Å². The van der Waals surface area contributed by atoms with Gasteiger partial charge >= 0.3 is 6.18 Å². The van der Waals surface area contributed by atoms with Crippen LogP contribution in [-0.4, -0.2) is 26.5 Å². The van der Waals surface area contributed by atoms with Gasteiger partial charge in [-0.15, -0.1) is 0 Å². The molecule has 26 heavy (non-hydrogen) atoms. The van der Waals surface area contributed by atoms with Crippen LogP contribution in [-0.2, 0) is 15.7 Å². The number of methoxy groups -OCH3 is 1. The van der Waals surface area contributed by atoms with E-state index in [-0.39, 0.29) is 6.04 Å². The summed E-state index contributed by atoms with van der Waals surface area (Å²) in [6, 6.07) is 4.98. The van der Waals surface area contributed by atoms with Crippen molar-refractivity contribution in [2.45, 2.75) is 39.4 Å². The van der Waals surface area contributed by atoms with Crippen molar-refractivity contribution in [3.63, 3.8) is 0 Å². The second-order valence-electron chi connectivity index (χ2n) is 5.58. The summed E-state index contributed by atoms with van der Waals surface area (Å²) in [5.74, 6) is 0.310. The van der Waals surface area contributed by atoms with Gasteiger partial charge < -0.3 is 15.8 Å². The first-order chi connectivity index (χ1) is 12.1. The zero-order chi connectivity index (χ0) is 20.3. The molecule has 0 aromatic heterocycles. The van der Waals surface area contributed by atoms with Crippen LogP contribution >= 0.6 is 0 Å². The van der Waals surface area contributed by atoms with Crippen LogP contribution in [0.1, 0.15) is 32.8 Å². The molecule has 0 saturated heterocycles. The molecule has 0 aliphatic heterocycles. The molecule has 0 spiro atoms. The standard InChI is InChI=1S/C11H19NO2.C8H8F3N/c1-5-8(2)11(9(3)12)6-10(7-13)14-4;1-12-7-4-2-3-6(5-7)8(9,10)11/h6-7,9H,5,12H2,1-4H3;2-5,12H,1H3/b10-6-,11-8-;. The molecule has 0 heterocycles. The lowest BCUT2D eigenvalue weighted by molar-refractivity contribution is -0.137. The Labute approximate surface area is 152 Å². The van der Waals surface area contributed by atoms with Crippen molar-refractivity contribution < 1.29 is 22.7 Å². The number of nitrogens with two attached hydrogens (primary N) is 1. The van der Waals surface area contributed by atoms with Crippen molar-refractivity contribution in [1.82, 2.24) is 0 Å². The van der Waals surface area contributed by atoms with E-state index < -0.39 is 11.7 Å². The van der Waals surface area contributed by atoms with Crippen molar-refractivity contribution in [1.29, 1.82) is 0 Å². The molecular weight excluding hydrogens is 345 g/mol. The van der Waals surface area contributed by atoms with Crippen molar-refractivity contribution >= 4 is 12.0 Å². The lowest BCUT2D eigenvalue weighted by Crippen LogP contribution is -2.18. The number of halogens is 3. The van der Waals surface area contributed by atoms with Gasteiger partial charge in [0.25, 0.3) is 0 Å². The van der Waals surface area contributed by atoms with Gasteiger partial charge in [-0.25, -0.2) is 0 Å². The molecule has 0 aliphatic rings. The maximum atomic E-state index is 12.1. The number of ether oxygens (including phenoxy) is 1. The van der Waals surface area contributed by atoms with E-state index >= 15 is 0 Å². The molecule has 3 N–H and O–H groups in total. The van der Waals surface area contributed by atoms with Crippen LogP contribution in [0.3, 0.4) is 0 Å². The van der Waals surface area contributed by atoms with E-state index in [2.05, 4.69) is 12.2 Å². The van der Waals surface area contributed by atoms with Gasteiger partial charge in [-0.1, -0.05) is 18.6 Å². The number of carbonyl (C=O) groups is 1. The summed E-state index contributed by atoms with van der Waals surface area (Å²) in [4.78, 5) is 10.5. The number of rotatable bonds is 6. The van der Waals surface area contributed by atoms with Gasteiger partial charge in [-0.2, -0.15) is 13.2 Å². The highest BCUT2D eigenvalue weighted by Crippen LogP contribution is 2.30. The average Bonchev–Trinajstić information content (AvgIpc) is 2.61. The fourth-order valence-electron chi connectivity index (χ4n) is 1.99. The van der Waals surface area contributed by atoms with E-state index in [1.165, 1.54) is 18.7 Å². The van der Waals surface area contributed by atoms with E-state index in [1.54, 1.807) is 19.2 Å². The van der Waals surface area contributed by atoms with Gasteiger partial charge in [-0.05, 0) is 50.1 Å². The Morgan fingerprint density at radius 1 is 1.38 bits per heavy atom. The average molecular weight is 372 g/mol. The van der Waals surface area contributed by atoms with Crippen LogP contribution in [0, 0.1) is 0 Å². The second kappa shape index (κ2) is 11.4. The molecule has 1 rings (SSSR count). The third-order valence-corrected chi connectivity index (χ3v) is 3.64. The van der Waals surface area contributed by atoms with Gasteiger partial charge in [0.15, 0.2) is 12.0 Å². The van der Waals surface area contributed by atoms with Crippen LogP contribution < -0.4 is 11.1 Å². The highest BCUT2D eigenvalue weighted by atomic mass is 19.4. The lowest BCUT2D eigenvalue weighted by Gasteiger charge is -2.11. The zero-order valence-corrected chi connectivity index (χ0v) is 15.8. The number of benzene rings is 1. The number of hydrogen-bond donors (Lipinski definition) is 2. The molecule has 7 heteroatoms. The van der Waals surface area contributed by atoms with Gasteiger partial charge in [0.2, 0.25) is 0 Å². The first-order valence-electron chi connectivity index (χ1n) is 8.11. The predicted octanol–water partition coefficient (Wildman–Crippen LogP) is 4.54. The Balaban J connectivity index is 0.000000485. The van der Waals surface area contributed by atoms with Gasteiger partial charge in [0.05, 0.1) is 12.7 Å². The smallest absolute Gasteiger partial charge is 0.416 e. The number of carbonyl (C=O) groups excluding carboxylic acids is 1. The number of nitrogens with one attached hydrogen (secondary N) is 1. The number of hydrogen-bond acceptors (Lipinski definition) is 4. The molecule has 0 saturated carbocycles. The summed E-state index contributed by atoms with van der Waals surface area (Å²) in [5.41, 5.74) is 7.78. The van der Waals surface area contributed by atoms with E-state index in [1.807, 2.05) is 13.8 Å². The van der Waals surface area contributed by atoms with E-state index in [4.69, 9.17) is 10.5 Å². The Kier molecular flexibility index (Phi) is 10.4. The monoisotopic (exact) mass is 372 g/mol. The van der Waals surface area contributed by atoms with Gasteiger partial charge in [0.1, 0.15) is 0 Å². The third kappa shape index (κ3) is 8.20. The number of alkyl halides is 3. The highest BCUT2D eigenvalue weighted by molar-refractivity contribution is 5.71. The molecule has 146 valence electrons. The van der Waals surface area contributed by atoms with Crippen molar-refractivity contribution in [3.05, 3.63) is 52.8 Å². The van der Waals surface area contributed by atoms with Crippen molar-refractivity contribution in [3.8, 4) is 0 Å². The van der Waals surface area contributed by atoms with E-state index in [0.29, 0.717) is 17.7 Å². The van der Waals surface area contributed by atoms with Crippen molar-refractivity contribution in [2.75, 3.05) is 19.5 Å². The summed E-state index contributed by atoms with van der Waals surface area (Å²) in [6.07, 6.45) is -0.947. The SMILES string of the molecule is CC/C(C)=C(/C=C(/C=O)OC)C(C)N.CNc1cccc(C(F)(F)F)c1. The van der Waals surface area contributed by atoms with Crippen LogP contribution in [0.2, 0.25) is 0 Å². The zero-order valence-electron chi connectivity index (χ0n) is 15.8. The van der Waals surface area contributed by atoms with Crippen molar-refractivity contribution in [2.24, 2.45) is 5.73 Å². The molecule has 0 bridgehead atoms. The molecule has 0 radical (unpaired) electrons. The Bertz CT molecular complexity index is 636. The normalized spacial score (nSPS) is 13.8. The first-order valence-corrected chi connectivity index (χ1v) is 8.11. The summed E-state index contributed by atoms with van der Waals surface area (Å²) < 4.78 is 41.1. The number of allylic oxidation sites excluding steroid dienone is 2. The number of anilines is 1. The Morgan fingerprint density at radius 2 is 2.00 bits per heavy atom. The molecular formula is C19H27F3N2O2. The fourth-order valence-corrected chi connectivity index (χ4v) is 1.99. The minimum Gasteiger partial charge on any atom is -0.493 e. The summed E-state index contributed by atoms with van der Waals surface area (Å²) in [5, 5.41) is 2.64. The van der Waals surface area contributed by atoms with Crippen LogP contribution in [0.4, 0.5) is 18.9 Å². The predicted molar refractivity (Wildman–Crippen MR) is 98.8 cm³/mol. The Morgan fingerprint density at radius 3 is 2.38 bits per heavy atom. The molecule has 1 unspecified atom stereocenters. The summed E-state index contributed by atoms with van der Waals surface area (Å²) >= 11 is 0. The first kappa shape index (κ1) is 23.7. The summed E-state index contributed by atoms with van der Waals surface area (Å²) in [7, 11) is 3.05. The molecule has 4 nitrogen and oxygen atoms in total. The van der Waals surface area contributed by atoms with E-state index in [0.717, 1.165) is 24.1 Å². The Hall–Kier alpha value is -2.28. The number of aldehydes is 1. The van der Waals surface area contributed by atoms with Crippen LogP contribution in [0.15, 0.2) is 47.2 Å². The quantitative estimate of drug-likeness (QED) is 0.333. The van der Waals surface area contributed by atoms with Gasteiger partial charge in [-0.3, -0.25) is 4.79 Å². The minimum absolute atomic E-state index is 0.0833. The van der Waals surface area contributed by atoms with Crippen LogP contribution in [0.25, 0.3) is 0 Å². The fraction of sp³-hybridized carbons (Fsp3) is 0.421. The maximum absolute atomic E-state index is 12.1. The highest BCUT2D eigenvalue weighted by Gasteiger charge is 2.30. The molecule has 0 amide bonds. The molecule has 1 aromatic carbocycles. The van der Waals surface area contributed by atoms with Crippen LogP contribution in [0.5, 0.6) is 0 Å². The largest absolute Gasteiger partial charge is 0.493 e. The third-order valence-electron chi connectivity index (χ3n) is 3.64. The van der Waals surface area contributed by atoms with E-state index in [9.17, 15) is 18.0 Å². The maximum Gasteiger partial charge on any atom is 0.416 e. The molecule has 0 aliphatic carbocycles. The van der Waals surface area contributed by atoms with Gasteiger partial charge in [0, 0.05) is 18.8 Å². The minimum atomic E-state index is -4.26. The summed E-state index contributed by atoms with van der Waals surface area (Å²) in [6.45, 7) is 5.95. The second-order valence-corrected chi connectivity index (χ2v) is 5.58. The lowest BCUT2D eigenvalue weighted by atomic mass is 10.0. The molecule has 1 atom stereocenters. The molecule has 0 fully saturated rings.